The highest BCUT2D eigenvalue weighted by molar-refractivity contribution is 5.95. The Morgan fingerprint density at radius 2 is 1.97 bits per heavy atom. The SMILES string of the molecule is COC(=O)c1cc(-c2c[nH]nc2C2CCN(C(=O)OC(C)(C)C)CC2)cnc1N. The van der Waals surface area contributed by atoms with Gasteiger partial charge in [0.25, 0.3) is 0 Å². The van der Waals surface area contributed by atoms with Crippen LogP contribution in [0.1, 0.15) is 55.6 Å². The zero-order chi connectivity index (χ0) is 21.2. The molecular weight excluding hydrogens is 374 g/mol. The largest absolute Gasteiger partial charge is 0.465 e. The lowest BCUT2D eigenvalue weighted by atomic mass is 9.90. The first-order chi connectivity index (χ1) is 13.7. The van der Waals surface area contributed by atoms with Gasteiger partial charge in [-0.05, 0) is 39.7 Å². The number of nitrogens with one attached hydrogen (secondary N) is 1. The van der Waals surface area contributed by atoms with E-state index < -0.39 is 11.6 Å². The highest BCUT2D eigenvalue weighted by Crippen LogP contribution is 2.34. The van der Waals surface area contributed by atoms with Crippen molar-refractivity contribution in [3.63, 3.8) is 0 Å². The molecule has 0 atom stereocenters. The van der Waals surface area contributed by atoms with Crippen LogP contribution in [-0.4, -0.2) is 57.9 Å². The Morgan fingerprint density at radius 1 is 1.28 bits per heavy atom. The quantitative estimate of drug-likeness (QED) is 0.758. The lowest BCUT2D eigenvalue weighted by Gasteiger charge is -2.33. The van der Waals surface area contributed by atoms with Crippen LogP contribution < -0.4 is 5.73 Å². The summed E-state index contributed by atoms with van der Waals surface area (Å²) in [4.78, 5) is 30.1. The van der Waals surface area contributed by atoms with E-state index >= 15 is 0 Å². The number of carbonyl (C=O) groups excluding carboxylic acids is 2. The van der Waals surface area contributed by atoms with Gasteiger partial charge in [0.15, 0.2) is 0 Å². The molecule has 3 heterocycles. The summed E-state index contributed by atoms with van der Waals surface area (Å²) < 4.78 is 10.2. The maximum absolute atomic E-state index is 12.3. The Kier molecular flexibility index (Phi) is 5.76. The van der Waals surface area contributed by atoms with E-state index in [-0.39, 0.29) is 23.4 Å². The average Bonchev–Trinajstić information content (AvgIpc) is 3.16. The number of anilines is 1. The predicted octanol–water partition coefficient (Wildman–Crippen LogP) is 2.96. The molecule has 3 rings (SSSR count). The van der Waals surface area contributed by atoms with Crippen LogP contribution in [0.2, 0.25) is 0 Å². The molecule has 0 aliphatic carbocycles. The Hall–Kier alpha value is -3.10. The molecule has 3 N–H and O–H groups in total. The van der Waals surface area contributed by atoms with E-state index in [1.807, 2.05) is 20.8 Å². The molecular formula is C20H27N5O4. The topological polar surface area (TPSA) is 123 Å². The second kappa shape index (κ2) is 8.10. The van der Waals surface area contributed by atoms with Crippen molar-refractivity contribution in [3.8, 4) is 11.1 Å². The number of pyridine rings is 1. The van der Waals surface area contributed by atoms with E-state index in [9.17, 15) is 9.59 Å². The molecule has 1 aliphatic heterocycles. The number of nitrogens with two attached hydrogens (primary N) is 1. The van der Waals surface area contributed by atoms with Crippen LogP contribution in [0.25, 0.3) is 11.1 Å². The van der Waals surface area contributed by atoms with E-state index in [1.165, 1.54) is 7.11 Å². The first-order valence-electron chi connectivity index (χ1n) is 9.55. The van der Waals surface area contributed by atoms with Crippen molar-refractivity contribution >= 4 is 17.9 Å². The number of aromatic nitrogens is 3. The minimum Gasteiger partial charge on any atom is -0.465 e. The summed E-state index contributed by atoms with van der Waals surface area (Å²) >= 11 is 0. The van der Waals surface area contributed by atoms with Gasteiger partial charge in [-0.2, -0.15) is 5.10 Å². The number of H-pyrrole nitrogens is 1. The van der Waals surface area contributed by atoms with Gasteiger partial charge in [0.2, 0.25) is 0 Å². The maximum atomic E-state index is 12.3. The van der Waals surface area contributed by atoms with Crippen LogP contribution >= 0.6 is 0 Å². The van der Waals surface area contributed by atoms with Crippen molar-refractivity contribution in [2.45, 2.75) is 45.1 Å². The van der Waals surface area contributed by atoms with Gasteiger partial charge in [-0.3, -0.25) is 5.10 Å². The molecule has 1 saturated heterocycles. The molecule has 0 unspecified atom stereocenters. The highest BCUT2D eigenvalue weighted by atomic mass is 16.6. The fourth-order valence-electron chi connectivity index (χ4n) is 3.40. The smallest absolute Gasteiger partial charge is 0.410 e. The summed E-state index contributed by atoms with van der Waals surface area (Å²) in [5.41, 5.74) is 7.99. The van der Waals surface area contributed by atoms with Gasteiger partial charge in [0, 0.05) is 42.5 Å². The Bertz CT molecular complexity index is 895. The Balaban J connectivity index is 1.75. The van der Waals surface area contributed by atoms with Crippen molar-refractivity contribution in [2.75, 3.05) is 25.9 Å². The number of hydrogen-bond donors (Lipinski definition) is 2. The summed E-state index contributed by atoms with van der Waals surface area (Å²) in [6.45, 7) is 6.77. The zero-order valence-corrected chi connectivity index (χ0v) is 17.2. The zero-order valence-electron chi connectivity index (χ0n) is 17.2. The average molecular weight is 401 g/mol. The highest BCUT2D eigenvalue weighted by Gasteiger charge is 2.30. The number of methoxy groups -OCH3 is 1. The fraction of sp³-hybridized carbons (Fsp3) is 0.500. The number of nitrogens with zero attached hydrogens (tertiary/aromatic N) is 3. The van der Waals surface area contributed by atoms with E-state index in [1.54, 1.807) is 23.4 Å². The number of hydrogen-bond acceptors (Lipinski definition) is 7. The third kappa shape index (κ3) is 4.67. The summed E-state index contributed by atoms with van der Waals surface area (Å²) in [6, 6.07) is 1.67. The number of ether oxygens (including phenoxy) is 2. The van der Waals surface area contributed by atoms with Crippen molar-refractivity contribution in [3.05, 3.63) is 29.7 Å². The lowest BCUT2D eigenvalue weighted by molar-refractivity contribution is 0.0204. The van der Waals surface area contributed by atoms with Gasteiger partial charge in [0.1, 0.15) is 17.0 Å². The van der Waals surface area contributed by atoms with Crippen molar-refractivity contribution < 1.29 is 19.1 Å². The number of carbonyl (C=O) groups is 2. The molecule has 2 aromatic heterocycles. The molecule has 0 spiro atoms. The van der Waals surface area contributed by atoms with Crippen LogP contribution in [0.4, 0.5) is 10.6 Å². The minimum atomic E-state index is -0.535. The maximum Gasteiger partial charge on any atom is 0.410 e. The second-order valence-electron chi connectivity index (χ2n) is 8.07. The van der Waals surface area contributed by atoms with Crippen LogP contribution in [0.5, 0.6) is 0 Å². The Morgan fingerprint density at radius 3 is 2.59 bits per heavy atom. The first kappa shape index (κ1) is 20.6. The summed E-state index contributed by atoms with van der Waals surface area (Å²) in [6.07, 6.45) is 4.64. The third-order valence-corrected chi connectivity index (χ3v) is 4.84. The van der Waals surface area contributed by atoms with Gasteiger partial charge in [-0.15, -0.1) is 0 Å². The van der Waals surface area contributed by atoms with Crippen LogP contribution in [0.3, 0.4) is 0 Å². The number of piperidine rings is 1. The Labute approximate surface area is 169 Å². The molecule has 156 valence electrons. The monoisotopic (exact) mass is 401 g/mol. The molecule has 0 aromatic carbocycles. The lowest BCUT2D eigenvalue weighted by Crippen LogP contribution is -2.41. The summed E-state index contributed by atoms with van der Waals surface area (Å²) in [5.74, 6) is -0.238. The molecule has 0 radical (unpaired) electrons. The van der Waals surface area contributed by atoms with Gasteiger partial charge in [-0.1, -0.05) is 0 Å². The van der Waals surface area contributed by atoms with E-state index in [0.717, 1.165) is 29.7 Å². The number of nitrogen functional groups attached to an aromatic ring is 1. The van der Waals surface area contributed by atoms with E-state index in [2.05, 4.69) is 15.2 Å². The molecule has 1 amide bonds. The van der Waals surface area contributed by atoms with Crippen molar-refractivity contribution in [2.24, 2.45) is 0 Å². The number of likely N-dealkylation sites (tertiary alicyclic amines) is 1. The second-order valence-corrected chi connectivity index (χ2v) is 8.07. The van der Waals surface area contributed by atoms with Gasteiger partial charge >= 0.3 is 12.1 Å². The summed E-state index contributed by atoms with van der Waals surface area (Å²) in [7, 11) is 1.30. The number of aromatic amines is 1. The van der Waals surface area contributed by atoms with Crippen LogP contribution in [0, 0.1) is 0 Å². The molecule has 29 heavy (non-hydrogen) atoms. The van der Waals surface area contributed by atoms with Gasteiger partial charge in [-0.25, -0.2) is 14.6 Å². The molecule has 1 fully saturated rings. The molecule has 0 bridgehead atoms. The van der Waals surface area contributed by atoms with Crippen LogP contribution in [-0.2, 0) is 9.47 Å². The molecule has 9 nitrogen and oxygen atoms in total. The fourth-order valence-corrected chi connectivity index (χ4v) is 3.40. The minimum absolute atomic E-state index is 0.122. The summed E-state index contributed by atoms with van der Waals surface area (Å²) in [5, 5.41) is 7.33. The number of esters is 1. The molecule has 9 heteroatoms. The van der Waals surface area contributed by atoms with Crippen molar-refractivity contribution in [1.29, 1.82) is 0 Å². The normalized spacial score (nSPS) is 15.2. The molecule has 0 saturated carbocycles. The van der Waals surface area contributed by atoms with E-state index in [4.69, 9.17) is 15.2 Å². The molecule has 1 aliphatic rings. The third-order valence-electron chi connectivity index (χ3n) is 4.84. The van der Waals surface area contributed by atoms with Gasteiger partial charge < -0.3 is 20.1 Å². The predicted molar refractivity (Wildman–Crippen MR) is 107 cm³/mol. The number of amides is 1. The van der Waals surface area contributed by atoms with E-state index in [0.29, 0.717) is 13.1 Å². The molecule has 2 aromatic rings. The number of rotatable bonds is 3. The van der Waals surface area contributed by atoms with Crippen LogP contribution in [0.15, 0.2) is 18.5 Å². The van der Waals surface area contributed by atoms with Gasteiger partial charge in [0.05, 0.1) is 12.8 Å². The first-order valence-corrected chi connectivity index (χ1v) is 9.55. The van der Waals surface area contributed by atoms with Crippen molar-refractivity contribution in [1.82, 2.24) is 20.1 Å². The standard InChI is InChI=1S/C20H27N5O4/c1-20(2,3)29-19(27)25-7-5-12(6-8-25)16-15(11-23-24-16)13-9-14(18(26)28-4)17(21)22-10-13/h9-12H,5-8H2,1-4H3,(H2,21,22)(H,23,24).